The van der Waals surface area contributed by atoms with Crippen molar-refractivity contribution in [1.82, 2.24) is 0 Å². The summed E-state index contributed by atoms with van der Waals surface area (Å²) in [5, 5.41) is 14.8. The van der Waals surface area contributed by atoms with Gasteiger partial charge in [-0.3, -0.25) is 0 Å². The summed E-state index contributed by atoms with van der Waals surface area (Å²) in [6.07, 6.45) is 14.4. The summed E-state index contributed by atoms with van der Waals surface area (Å²) >= 11 is 0. The zero-order valence-electron chi connectivity index (χ0n) is 14.9. The highest BCUT2D eigenvalue weighted by atomic mass is 16.4. The van der Waals surface area contributed by atoms with Gasteiger partial charge in [0.25, 0.3) is 0 Å². The van der Waals surface area contributed by atoms with E-state index in [0.717, 1.165) is 4.48 Å². The van der Waals surface area contributed by atoms with Crippen molar-refractivity contribution in [2.75, 3.05) is 27.7 Å². The summed E-state index contributed by atoms with van der Waals surface area (Å²) in [4.78, 5) is 18.2. The van der Waals surface area contributed by atoms with Crippen LogP contribution in [0.2, 0.25) is 0 Å². The highest BCUT2D eigenvalue weighted by molar-refractivity contribution is 6.27. The first-order valence-corrected chi connectivity index (χ1v) is 8.47. The molecule has 22 heavy (non-hydrogen) atoms. The Labute approximate surface area is 135 Å². The zero-order chi connectivity index (χ0) is 17.4. The van der Waals surface area contributed by atoms with Crippen LogP contribution in [-0.2, 0) is 9.59 Å². The molecule has 5 heteroatoms. The lowest BCUT2D eigenvalue weighted by atomic mass is 10.1. The van der Waals surface area contributed by atoms with Crippen LogP contribution in [0.3, 0.4) is 0 Å². The summed E-state index contributed by atoms with van der Waals surface area (Å²) in [5.74, 6) is -3.65. The fourth-order valence-electron chi connectivity index (χ4n) is 2.07. The quantitative estimate of drug-likeness (QED) is 0.345. The maximum Gasteiger partial charge on any atom is 0.414 e. The minimum Gasteiger partial charge on any atom is -0.473 e. The van der Waals surface area contributed by atoms with Gasteiger partial charge in [0.1, 0.15) is 0 Å². The van der Waals surface area contributed by atoms with Gasteiger partial charge in [0.2, 0.25) is 0 Å². The predicted molar refractivity (Wildman–Crippen MR) is 90.0 cm³/mol. The number of carboxylic acids is 2. The molecule has 0 aromatic heterocycles. The smallest absolute Gasteiger partial charge is 0.414 e. The molecule has 0 rings (SSSR count). The number of aliphatic carboxylic acids is 2. The number of quaternary nitrogens is 1. The Kier molecular flexibility index (Phi) is 15.6. The summed E-state index contributed by atoms with van der Waals surface area (Å²) in [5.41, 5.74) is 0. The lowest BCUT2D eigenvalue weighted by Gasteiger charge is -2.23. The van der Waals surface area contributed by atoms with Crippen LogP contribution in [-0.4, -0.2) is 54.3 Å². The number of unbranched alkanes of at least 4 members (excludes halogenated alkanes) is 9. The standard InChI is InChI=1S/C15H34N.C2H2O4/c1-5-6-7-8-9-10-11-12-13-14-15-16(2,3)4;3-1(4)2(5)6/h5-15H2,1-4H3;(H,3,4)(H,5,6)/q+1;. The molecule has 0 aliphatic rings. The Morgan fingerprint density at radius 3 is 1.27 bits per heavy atom. The van der Waals surface area contributed by atoms with E-state index in [4.69, 9.17) is 19.8 Å². The number of hydrogen-bond acceptors (Lipinski definition) is 2. The van der Waals surface area contributed by atoms with Crippen molar-refractivity contribution in [2.24, 2.45) is 0 Å². The molecule has 0 aliphatic carbocycles. The van der Waals surface area contributed by atoms with Crippen LogP contribution in [0.1, 0.15) is 71.1 Å². The first kappa shape index (κ1) is 23.2. The van der Waals surface area contributed by atoms with Crippen LogP contribution in [0.4, 0.5) is 0 Å². The second-order valence-electron chi connectivity index (χ2n) is 6.81. The van der Waals surface area contributed by atoms with Gasteiger partial charge in [0, 0.05) is 0 Å². The van der Waals surface area contributed by atoms with E-state index < -0.39 is 11.9 Å². The fourth-order valence-corrected chi connectivity index (χ4v) is 2.07. The van der Waals surface area contributed by atoms with E-state index in [-0.39, 0.29) is 0 Å². The molecule has 132 valence electrons. The molecule has 0 radical (unpaired) electrons. The van der Waals surface area contributed by atoms with Crippen molar-refractivity contribution >= 4 is 11.9 Å². The Morgan fingerprint density at radius 2 is 1.00 bits per heavy atom. The Hall–Kier alpha value is -1.10. The number of rotatable bonds is 11. The van der Waals surface area contributed by atoms with Crippen LogP contribution < -0.4 is 0 Å². The molecule has 2 N–H and O–H groups in total. The van der Waals surface area contributed by atoms with Crippen LogP contribution >= 0.6 is 0 Å². The lowest BCUT2D eigenvalue weighted by Crippen LogP contribution is -2.35. The molecule has 5 nitrogen and oxygen atoms in total. The number of hydrogen-bond donors (Lipinski definition) is 2. The predicted octanol–water partition coefficient (Wildman–Crippen LogP) is 3.77. The van der Waals surface area contributed by atoms with E-state index in [1.807, 2.05) is 0 Å². The van der Waals surface area contributed by atoms with Gasteiger partial charge in [0.15, 0.2) is 0 Å². The molecule has 0 aliphatic heterocycles. The zero-order valence-corrected chi connectivity index (χ0v) is 14.9. The number of nitrogens with zero attached hydrogens (tertiary/aromatic N) is 1. The molecule has 0 aromatic carbocycles. The van der Waals surface area contributed by atoms with Crippen molar-refractivity contribution in [1.29, 1.82) is 0 Å². The molecule has 0 fully saturated rings. The van der Waals surface area contributed by atoms with E-state index in [0.29, 0.717) is 0 Å². The van der Waals surface area contributed by atoms with Gasteiger partial charge in [0.05, 0.1) is 27.7 Å². The number of carboxylic acid groups (broad SMARTS) is 2. The van der Waals surface area contributed by atoms with E-state index in [1.54, 1.807) is 0 Å². The molecule has 0 atom stereocenters. The van der Waals surface area contributed by atoms with Crippen molar-refractivity contribution < 1.29 is 24.3 Å². The third-order valence-corrected chi connectivity index (χ3v) is 3.37. The van der Waals surface area contributed by atoms with Gasteiger partial charge in [-0.2, -0.15) is 0 Å². The first-order chi connectivity index (χ1) is 10.2. The van der Waals surface area contributed by atoms with E-state index >= 15 is 0 Å². The third-order valence-electron chi connectivity index (χ3n) is 3.37. The largest absolute Gasteiger partial charge is 0.473 e. The van der Waals surface area contributed by atoms with Crippen molar-refractivity contribution in [3.63, 3.8) is 0 Å². The number of carbonyl (C=O) groups is 2. The first-order valence-electron chi connectivity index (χ1n) is 8.47. The van der Waals surface area contributed by atoms with Crippen molar-refractivity contribution in [3.8, 4) is 0 Å². The van der Waals surface area contributed by atoms with Gasteiger partial charge in [-0.05, 0) is 12.8 Å². The molecule has 0 amide bonds. The SMILES string of the molecule is CCCCCCCCCCCC[N+](C)(C)C.O=C(O)C(=O)O. The average Bonchev–Trinajstić information content (AvgIpc) is 2.40. The second kappa shape index (κ2) is 14.8. The maximum absolute atomic E-state index is 9.10. The van der Waals surface area contributed by atoms with Crippen LogP contribution in [0.15, 0.2) is 0 Å². The van der Waals surface area contributed by atoms with E-state index in [1.165, 1.54) is 70.8 Å². The third kappa shape index (κ3) is 24.0. The van der Waals surface area contributed by atoms with Gasteiger partial charge < -0.3 is 14.7 Å². The highest BCUT2D eigenvalue weighted by Crippen LogP contribution is 2.10. The Balaban J connectivity index is 0. The molecule has 0 heterocycles. The van der Waals surface area contributed by atoms with Crippen LogP contribution in [0.25, 0.3) is 0 Å². The van der Waals surface area contributed by atoms with Crippen molar-refractivity contribution in [3.05, 3.63) is 0 Å². The van der Waals surface area contributed by atoms with Gasteiger partial charge in [-0.1, -0.05) is 58.3 Å². The normalized spacial score (nSPS) is 10.7. The van der Waals surface area contributed by atoms with Crippen molar-refractivity contribution in [2.45, 2.75) is 71.1 Å². The fraction of sp³-hybridized carbons (Fsp3) is 0.882. The lowest BCUT2D eigenvalue weighted by molar-refractivity contribution is -0.870. The summed E-state index contributed by atoms with van der Waals surface area (Å²) in [7, 11) is 6.86. The minimum atomic E-state index is -1.82. The molecule has 0 bridgehead atoms. The Bertz CT molecular complexity index is 273. The summed E-state index contributed by atoms with van der Waals surface area (Å²) < 4.78 is 1.12. The average molecular weight is 318 g/mol. The maximum atomic E-state index is 9.10. The summed E-state index contributed by atoms with van der Waals surface area (Å²) in [6, 6.07) is 0. The van der Waals surface area contributed by atoms with Gasteiger partial charge in [-0.15, -0.1) is 0 Å². The van der Waals surface area contributed by atoms with Gasteiger partial charge in [-0.25, -0.2) is 9.59 Å². The minimum absolute atomic E-state index is 1.12. The van der Waals surface area contributed by atoms with E-state index in [2.05, 4.69) is 28.1 Å². The topological polar surface area (TPSA) is 74.6 Å². The van der Waals surface area contributed by atoms with Crippen LogP contribution in [0.5, 0.6) is 0 Å². The molecule has 0 unspecified atom stereocenters. The molecular weight excluding hydrogens is 282 g/mol. The summed E-state index contributed by atoms with van der Waals surface area (Å²) in [6.45, 7) is 3.62. The second-order valence-corrected chi connectivity index (χ2v) is 6.81. The van der Waals surface area contributed by atoms with Crippen LogP contribution in [0, 0.1) is 0 Å². The molecule has 0 saturated heterocycles. The molecular formula is C17H36NO4+. The van der Waals surface area contributed by atoms with E-state index in [9.17, 15) is 0 Å². The molecule has 0 saturated carbocycles. The van der Waals surface area contributed by atoms with Gasteiger partial charge >= 0.3 is 11.9 Å². The Morgan fingerprint density at radius 1 is 0.682 bits per heavy atom. The molecule has 0 aromatic rings. The monoisotopic (exact) mass is 318 g/mol. The highest BCUT2D eigenvalue weighted by Gasteiger charge is 2.05. The molecule has 0 spiro atoms.